The number of benzene rings is 3. The molecule has 0 aliphatic heterocycles. The Morgan fingerprint density at radius 1 is 0.929 bits per heavy atom. The molecule has 2 atom stereocenters. The minimum absolute atomic E-state index is 0.0551. The molecule has 226 valence electrons. The third kappa shape index (κ3) is 8.67. The fourth-order valence-electron chi connectivity index (χ4n) is 4.15. The van der Waals surface area contributed by atoms with E-state index in [1.165, 1.54) is 31.1 Å². The van der Waals surface area contributed by atoms with Crippen LogP contribution in [0.3, 0.4) is 0 Å². The number of rotatable bonds is 13. The summed E-state index contributed by atoms with van der Waals surface area (Å²) in [7, 11) is -1.52. The molecule has 0 saturated heterocycles. The van der Waals surface area contributed by atoms with Gasteiger partial charge in [0, 0.05) is 33.1 Å². The molecule has 8 nitrogen and oxygen atoms in total. The molecule has 0 aliphatic carbocycles. The van der Waals surface area contributed by atoms with E-state index in [9.17, 15) is 22.4 Å². The third-order valence-corrected chi connectivity index (χ3v) is 9.30. The van der Waals surface area contributed by atoms with Crippen LogP contribution in [0.25, 0.3) is 0 Å². The Labute approximate surface area is 257 Å². The molecule has 0 bridgehead atoms. The molecule has 42 heavy (non-hydrogen) atoms. The van der Waals surface area contributed by atoms with Crippen LogP contribution in [0.1, 0.15) is 31.4 Å². The lowest BCUT2D eigenvalue weighted by molar-refractivity contribution is -0.140. The van der Waals surface area contributed by atoms with Crippen LogP contribution < -0.4 is 9.62 Å². The van der Waals surface area contributed by atoms with E-state index in [1.807, 2.05) is 44.2 Å². The second kappa shape index (κ2) is 14.8. The molecule has 3 rings (SSSR count). The van der Waals surface area contributed by atoms with Gasteiger partial charge in [-0.25, -0.2) is 8.70 Å². The predicted molar refractivity (Wildman–Crippen MR) is 165 cm³/mol. The Morgan fingerprint density at radius 2 is 1.57 bits per heavy atom. The summed E-state index contributed by atoms with van der Waals surface area (Å²) in [6.07, 6.45) is 0.844. The highest BCUT2D eigenvalue weighted by Gasteiger charge is 2.35. The summed E-state index contributed by atoms with van der Waals surface area (Å²) in [5.74, 6) is -1.58. The normalized spacial score (nSPS) is 13.0. The number of hydrogen-bond donors (Lipinski definition) is 1. The summed E-state index contributed by atoms with van der Waals surface area (Å²) in [5.41, 5.74) is 1.50. The number of carbonyl (C=O) groups excluding carboxylic acids is 2. The SMILES string of the molecule is CCC(C)NC(=O)C(Cc1ccccc1)N(Cc1ccc(Cl)c(Cl)c1)C(=O)CN(c1ccc(F)cc1)S(=O)(=O)N(C)C. The van der Waals surface area contributed by atoms with Gasteiger partial charge in [-0.1, -0.05) is 66.5 Å². The maximum absolute atomic E-state index is 14.2. The first-order valence-corrected chi connectivity index (χ1v) is 15.5. The lowest BCUT2D eigenvalue weighted by Gasteiger charge is -2.35. The predicted octanol–water partition coefficient (Wildman–Crippen LogP) is 5.30. The quantitative estimate of drug-likeness (QED) is 0.276. The van der Waals surface area contributed by atoms with Crippen LogP contribution in [-0.4, -0.2) is 62.2 Å². The van der Waals surface area contributed by atoms with E-state index in [0.29, 0.717) is 17.0 Å². The van der Waals surface area contributed by atoms with Gasteiger partial charge in [0.1, 0.15) is 18.4 Å². The van der Waals surface area contributed by atoms with Crippen LogP contribution in [0, 0.1) is 5.82 Å². The number of nitrogens with zero attached hydrogens (tertiary/aromatic N) is 3. The molecule has 2 amide bonds. The molecule has 0 aliphatic rings. The van der Waals surface area contributed by atoms with Crippen molar-refractivity contribution in [3.8, 4) is 0 Å². The number of carbonyl (C=O) groups is 2. The van der Waals surface area contributed by atoms with Crippen molar-refractivity contribution in [1.82, 2.24) is 14.5 Å². The van der Waals surface area contributed by atoms with Gasteiger partial charge in [0.05, 0.1) is 15.7 Å². The minimum Gasteiger partial charge on any atom is -0.352 e. The lowest BCUT2D eigenvalue weighted by Crippen LogP contribution is -2.55. The molecule has 0 heterocycles. The van der Waals surface area contributed by atoms with Crippen molar-refractivity contribution in [3.63, 3.8) is 0 Å². The number of nitrogens with one attached hydrogen (secondary N) is 1. The highest BCUT2D eigenvalue weighted by molar-refractivity contribution is 7.90. The fourth-order valence-corrected chi connectivity index (χ4v) is 5.53. The zero-order chi connectivity index (χ0) is 31.0. The lowest BCUT2D eigenvalue weighted by atomic mass is 10.0. The highest BCUT2D eigenvalue weighted by Crippen LogP contribution is 2.26. The summed E-state index contributed by atoms with van der Waals surface area (Å²) >= 11 is 12.4. The summed E-state index contributed by atoms with van der Waals surface area (Å²) in [6.45, 7) is 3.10. The summed E-state index contributed by atoms with van der Waals surface area (Å²) in [4.78, 5) is 29.3. The zero-order valence-electron chi connectivity index (χ0n) is 23.9. The molecular formula is C30H35Cl2FN4O4S. The molecular weight excluding hydrogens is 602 g/mol. The first kappa shape index (κ1) is 33.3. The van der Waals surface area contributed by atoms with E-state index >= 15 is 0 Å². The molecule has 0 saturated carbocycles. The van der Waals surface area contributed by atoms with Crippen molar-refractivity contribution >= 4 is 50.9 Å². The van der Waals surface area contributed by atoms with Gasteiger partial charge in [-0.05, 0) is 60.9 Å². The molecule has 3 aromatic rings. The van der Waals surface area contributed by atoms with Gasteiger partial charge in [-0.15, -0.1) is 0 Å². The minimum atomic E-state index is -4.19. The van der Waals surface area contributed by atoms with Crippen LogP contribution in [0.5, 0.6) is 0 Å². The van der Waals surface area contributed by atoms with Crippen LogP contribution in [-0.2, 0) is 32.8 Å². The Bertz CT molecular complexity index is 1470. The van der Waals surface area contributed by atoms with Gasteiger partial charge in [0.25, 0.3) is 0 Å². The standard InChI is InChI=1S/C30H35Cl2FN4O4S/c1-5-21(2)34-30(39)28(18-22-9-7-6-8-10-22)36(19-23-11-16-26(31)27(32)17-23)29(38)20-37(42(40,41)35(3)4)25-14-12-24(33)13-15-25/h6-17,21,28H,5,18-20H2,1-4H3,(H,34,39). The second-order valence-electron chi connectivity index (χ2n) is 10.1. The van der Waals surface area contributed by atoms with E-state index < -0.39 is 34.5 Å². The maximum atomic E-state index is 14.2. The van der Waals surface area contributed by atoms with Crippen LogP contribution >= 0.6 is 23.2 Å². The maximum Gasteiger partial charge on any atom is 0.304 e. The molecule has 0 spiro atoms. The van der Waals surface area contributed by atoms with Crippen LogP contribution in [0.15, 0.2) is 72.8 Å². The van der Waals surface area contributed by atoms with Crippen molar-refractivity contribution in [1.29, 1.82) is 0 Å². The number of halogens is 3. The third-order valence-electron chi connectivity index (χ3n) is 6.74. The monoisotopic (exact) mass is 636 g/mol. The molecule has 0 fully saturated rings. The van der Waals surface area contributed by atoms with Gasteiger partial charge < -0.3 is 10.2 Å². The van der Waals surface area contributed by atoms with E-state index in [2.05, 4.69) is 5.32 Å². The Morgan fingerprint density at radius 3 is 2.14 bits per heavy atom. The fraction of sp³-hybridized carbons (Fsp3) is 0.333. The molecule has 0 aromatic heterocycles. The number of amides is 2. The van der Waals surface area contributed by atoms with E-state index in [0.717, 1.165) is 26.3 Å². The van der Waals surface area contributed by atoms with Crippen molar-refractivity contribution in [2.24, 2.45) is 0 Å². The van der Waals surface area contributed by atoms with Gasteiger partial charge in [-0.2, -0.15) is 12.7 Å². The van der Waals surface area contributed by atoms with Crippen LogP contribution in [0.4, 0.5) is 10.1 Å². The topological polar surface area (TPSA) is 90.0 Å². The zero-order valence-corrected chi connectivity index (χ0v) is 26.3. The van der Waals surface area contributed by atoms with Crippen molar-refractivity contribution in [3.05, 3.63) is 99.8 Å². The molecule has 2 unspecified atom stereocenters. The summed E-state index contributed by atoms with van der Waals surface area (Å²) < 4.78 is 42.3. The van der Waals surface area contributed by atoms with Crippen molar-refractivity contribution < 1.29 is 22.4 Å². The van der Waals surface area contributed by atoms with Gasteiger partial charge >= 0.3 is 10.2 Å². The van der Waals surface area contributed by atoms with Crippen LogP contribution in [0.2, 0.25) is 10.0 Å². The molecule has 0 radical (unpaired) electrons. The average Bonchev–Trinajstić information content (AvgIpc) is 2.96. The smallest absolute Gasteiger partial charge is 0.304 e. The number of anilines is 1. The summed E-state index contributed by atoms with van der Waals surface area (Å²) in [6, 6.07) is 17.7. The Hall–Kier alpha value is -3.18. The Kier molecular flexibility index (Phi) is 11.8. The average molecular weight is 638 g/mol. The van der Waals surface area contributed by atoms with Crippen molar-refractivity contribution in [2.45, 2.75) is 45.3 Å². The molecule has 1 N–H and O–H groups in total. The van der Waals surface area contributed by atoms with E-state index in [-0.39, 0.29) is 35.6 Å². The summed E-state index contributed by atoms with van der Waals surface area (Å²) in [5, 5.41) is 3.57. The van der Waals surface area contributed by atoms with Gasteiger partial charge in [0.2, 0.25) is 11.8 Å². The van der Waals surface area contributed by atoms with E-state index in [1.54, 1.807) is 18.2 Å². The molecule has 3 aromatic carbocycles. The first-order chi connectivity index (χ1) is 19.8. The van der Waals surface area contributed by atoms with Gasteiger partial charge in [-0.3, -0.25) is 9.59 Å². The van der Waals surface area contributed by atoms with Gasteiger partial charge in [0.15, 0.2) is 0 Å². The second-order valence-corrected chi connectivity index (χ2v) is 12.9. The number of hydrogen-bond acceptors (Lipinski definition) is 4. The van der Waals surface area contributed by atoms with Crippen molar-refractivity contribution in [2.75, 3.05) is 24.9 Å². The molecule has 12 heteroatoms. The van der Waals surface area contributed by atoms with E-state index in [4.69, 9.17) is 23.2 Å². The first-order valence-electron chi connectivity index (χ1n) is 13.4. The largest absolute Gasteiger partial charge is 0.352 e. The highest BCUT2D eigenvalue weighted by atomic mass is 35.5. The Balaban J connectivity index is 2.11.